The van der Waals surface area contributed by atoms with E-state index in [2.05, 4.69) is 29.6 Å². The minimum absolute atomic E-state index is 0.0747. The molecule has 0 saturated carbocycles. The first-order valence-corrected chi connectivity index (χ1v) is 8.34. The van der Waals surface area contributed by atoms with Gasteiger partial charge in [0, 0.05) is 28.3 Å². The first-order chi connectivity index (χ1) is 11.0. The number of benzene rings is 2. The lowest BCUT2D eigenvalue weighted by atomic mass is 10.1. The molecule has 120 valence electrons. The van der Waals surface area contributed by atoms with Crippen molar-refractivity contribution in [3.63, 3.8) is 0 Å². The molecule has 0 aliphatic carbocycles. The summed E-state index contributed by atoms with van der Waals surface area (Å²) >= 11 is 1.65. The van der Waals surface area contributed by atoms with Crippen LogP contribution in [0.15, 0.2) is 47.4 Å². The Morgan fingerprint density at radius 3 is 2.43 bits per heavy atom. The topological polar surface area (TPSA) is 72.2 Å². The second kappa shape index (κ2) is 7.83. The van der Waals surface area contributed by atoms with Crippen LogP contribution in [0.5, 0.6) is 0 Å². The number of carbonyl (C=O) groups excluding carboxylic acids is 2. The molecule has 2 amide bonds. The molecule has 4 nitrogen and oxygen atoms in total. The van der Waals surface area contributed by atoms with E-state index in [4.69, 9.17) is 5.73 Å². The fourth-order valence-corrected chi connectivity index (χ4v) is 3.00. The number of rotatable bonds is 6. The number of anilines is 1. The van der Waals surface area contributed by atoms with Gasteiger partial charge in [-0.05, 0) is 43.7 Å². The lowest BCUT2D eigenvalue weighted by molar-refractivity contribution is -0.115. The molecule has 0 radical (unpaired) electrons. The molecule has 23 heavy (non-hydrogen) atoms. The van der Waals surface area contributed by atoms with Crippen molar-refractivity contribution in [2.75, 3.05) is 11.1 Å². The Bertz CT molecular complexity index is 711. The molecular formula is C18H20N2O2S. The van der Waals surface area contributed by atoms with E-state index in [0.717, 1.165) is 4.90 Å². The number of carbonyl (C=O) groups is 2. The van der Waals surface area contributed by atoms with Crippen molar-refractivity contribution in [2.24, 2.45) is 5.73 Å². The number of thioether (sulfide) groups is 1. The second-order valence-electron chi connectivity index (χ2n) is 5.30. The molecule has 2 aromatic rings. The standard InChI is InChI=1S/C18H20N2O2S/c1-12-6-8-14(9-7-12)23-11-10-17(21)20-16-5-3-4-15(13(16)2)18(19)22/h3-9H,10-11H2,1-2H3,(H2,19,22)(H,20,21). The van der Waals surface area contributed by atoms with Crippen LogP contribution in [0.2, 0.25) is 0 Å². The summed E-state index contributed by atoms with van der Waals surface area (Å²) in [6, 6.07) is 13.4. The van der Waals surface area contributed by atoms with Gasteiger partial charge in [0.2, 0.25) is 11.8 Å². The van der Waals surface area contributed by atoms with Gasteiger partial charge in [-0.3, -0.25) is 9.59 Å². The molecule has 2 rings (SSSR count). The molecule has 0 fully saturated rings. The van der Waals surface area contributed by atoms with E-state index in [1.807, 2.05) is 6.92 Å². The Morgan fingerprint density at radius 2 is 1.78 bits per heavy atom. The van der Waals surface area contributed by atoms with Gasteiger partial charge in [-0.2, -0.15) is 0 Å². The van der Waals surface area contributed by atoms with Crippen molar-refractivity contribution < 1.29 is 9.59 Å². The third-order valence-corrected chi connectivity index (χ3v) is 4.51. The van der Waals surface area contributed by atoms with Crippen molar-refractivity contribution in [2.45, 2.75) is 25.2 Å². The predicted octanol–water partition coefficient (Wildman–Crippen LogP) is 3.52. The van der Waals surface area contributed by atoms with Gasteiger partial charge in [0.25, 0.3) is 0 Å². The minimum Gasteiger partial charge on any atom is -0.366 e. The van der Waals surface area contributed by atoms with Crippen molar-refractivity contribution >= 4 is 29.3 Å². The van der Waals surface area contributed by atoms with Crippen LogP contribution < -0.4 is 11.1 Å². The van der Waals surface area contributed by atoms with Gasteiger partial charge >= 0.3 is 0 Å². The fraction of sp³-hybridized carbons (Fsp3) is 0.222. The maximum absolute atomic E-state index is 12.0. The summed E-state index contributed by atoms with van der Waals surface area (Å²) in [5.41, 5.74) is 8.29. The summed E-state index contributed by atoms with van der Waals surface area (Å²) in [6.07, 6.45) is 0.402. The van der Waals surface area contributed by atoms with E-state index in [1.165, 1.54) is 5.56 Å². The third kappa shape index (κ3) is 4.86. The zero-order chi connectivity index (χ0) is 16.8. The second-order valence-corrected chi connectivity index (χ2v) is 6.47. The molecule has 0 heterocycles. The predicted molar refractivity (Wildman–Crippen MR) is 94.8 cm³/mol. The average molecular weight is 328 g/mol. The molecule has 5 heteroatoms. The minimum atomic E-state index is -0.492. The monoisotopic (exact) mass is 328 g/mol. The van der Waals surface area contributed by atoms with E-state index >= 15 is 0 Å². The van der Waals surface area contributed by atoms with Gasteiger partial charge in [0.1, 0.15) is 0 Å². The molecule has 0 aromatic heterocycles. The summed E-state index contributed by atoms with van der Waals surface area (Å²) in [5, 5.41) is 2.84. The number of aryl methyl sites for hydroxylation is 1. The van der Waals surface area contributed by atoms with Crippen molar-refractivity contribution in [1.82, 2.24) is 0 Å². The van der Waals surface area contributed by atoms with Crippen LogP contribution in [0.3, 0.4) is 0 Å². The zero-order valence-electron chi connectivity index (χ0n) is 13.3. The van der Waals surface area contributed by atoms with Crippen LogP contribution in [0.1, 0.15) is 27.9 Å². The Morgan fingerprint density at radius 1 is 1.09 bits per heavy atom. The molecule has 0 saturated heterocycles. The van der Waals surface area contributed by atoms with Gasteiger partial charge in [0.05, 0.1) is 0 Å². The quantitative estimate of drug-likeness (QED) is 0.797. The van der Waals surface area contributed by atoms with Crippen LogP contribution in [0, 0.1) is 13.8 Å². The van der Waals surface area contributed by atoms with Crippen LogP contribution in [0.4, 0.5) is 5.69 Å². The maximum atomic E-state index is 12.0. The molecule has 0 unspecified atom stereocenters. The Hall–Kier alpha value is -2.27. The molecule has 0 bridgehead atoms. The number of nitrogens with two attached hydrogens (primary N) is 1. The first-order valence-electron chi connectivity index (χ1n) is 7.36. The lowest BCUT2D eigenvalue weighted by Gasteiger charge is -2.10. The highest BCUT2D eigenvalue weighted by atomic mass is 32.2. The number of hydrogen-bond acceptors (Lipinski definition) is 3. The molecule has 0 spiro atoms. The van der Waals surface area contributed by atoms with Gasteiger partial charge in [-0.1, -0.05) is 23.8 Å². The van der Waals surface area contributed by atoms with Crippen molar-refractivity contribution in [3.8, 4) is 0 Å². The highest BCUT2D eigenvalue weighted by Gasteiger charge is 2.10. The molecule has 0 aliphatic rings. The summed E-state index contributed by atoms with van der Waals surface area (Å²) in [6.45, 7) is 3.82. The summed E-state index contributed by atoms with van der Waals surface area (Å²) < 4.78 is 0. The summed E-state index contributed by atoms with van der Waals surface area (Å²) in [4.78, 5) is 24.5. The summed E-state index contributed by atoms with van der Waals surface area (Å²) in [7, 11) is 0. The molecule has 0 aliphatic heterocycles. The Labute approximate surface area is 140 Å². The number of amides is 2. The molecule has 3 N–H and O–H groups in total. The highest BCUT2D eigenvalue weighted by molar-refractivity contribution is 7.99. The van der Waals surface area contributed by atoms with Crippen LogP contribution in [-0.4, -0.2) is 17.6 Å². The number of nitrogens with one attached hydrogen (secondary N) is 1. The highest BCUT2D eigenvalue weighted by Crippen LogP contribution is 2.21. The Balaban J connectivity index is 1.89. The first kappa shape index (κ1) is 17.1. The van der Waals surface area contributed by atoms with Gasteiger partial charge < -0.3 is 11.1 Å². The number of primary amides is 1. The van der Waals surface area contributed by atoms with E-state index in [9.17, 15) is 9.59 Å². The normalized spacial score (nSPS) is 10.3. The van der Waals surface area contributed by atoms with Gasteiger partial charge in [-0.15, -0.1) is 11.8 Å². The lowest BCUT2D eigenvalue weighted by Crippen LogP contribution is -2.17. The smallest absolute Gasteiger partial charge is 0.249 e. The van der Waals surface area contributed by atoms with E-state index in [0.29, 0.717) is 29.0 Å². The van der Waals surface area contributed by atoms with Crippen LogP contribution >= 0.6 is 11.8 Å². The largest absolute Gasteiger partial charge is 0.366 e. The summed E-state index contributed by atoms with van der Waals surface area (Å²) in [5.74, 6) is 0.131. The average Bonchev–Trinajstić information content (AvgIpc) is 2.51. The third-order valence-electron chi connectivity index (χ3n) is 3.49. The maximum Gasteiger partial charge on any atom is 0.249 e. The fourth-order valence-electron chi connectivity index (χ4n) is 2.15. The van der Waals surface area contributed by atoms with E-state index < -0.39 is 5.91 Å². The SMILES string of the molecule is Cc1ccc(SCCC(=O)Nc2cccc(C(N)=O)c2C)cc1. The van der Waals surface area contributed by atoms with Crippen molar-refractivity contribution in [1.29, 1.82) is 0 Å². The van der Waals surface area contributed by atoms with Gasteiger partial charge in [-0.25, -0.2) is 0 Å². The van der Waals surface area contributed by atoms with Crippen LogP contribution in [-0.2, 0) is 4.79 Å². The number of hydrogen-bond donors (Lipinski definition) is 2. The molecule has 2 aromatic carbocycles. The van der Waals surface area contributed by atoms with Gasteiger partial charge in [0.15, 0.2) is 0 Å². The van der Waals surface area contributed by atoms with E-state index in [-0.39, 0.29) is 5.91 Å². The molecule has 0 atom stereocenters. The van der Waals surface area contributed by atoms with Crippen molar-refractivity contribution in [3.05, 3.63) is 59.2 Å². The Kier molecular flexibility index (Phi) is 5.82. The molecular weight excluding hydrogens is 308 g/mol. The van der Waals surface area contributed by atoms with Crippen LogP contribution in [0.25, 0.3) is 0 Å². The zero-order valence-corrected chi connectivity index (χ0v) is 14.1. The van der Waals surface area contributed by atoms with E-state index in [1.54, 1.807) is 36.9 Å².